The van der Waals surface area contributed by atoms with Crippen LogP contribution in [0.5, 0.6) is 0 Å². The Kier molecular flexibility index (Phi) is 4.19. The van der Waals surface area contributed by atoms with Gasteiger partial charge in [-0.2, -0.15) is 13.2 Å². The van der Waals surface area contributed by atoms with E-state index in [0.717, 1.165) is 35.4 Å². The van der Waals surface area contributed by atoms with Crippen LogP contribution >= 0.6 is 0 Å². The van der Waals surface area contributed by atoms with Crippen molar-refractivity contribution in [3.63, 3.8) is 0 Å². The molecule has 0 saturated carbocycles. The minimum absolute atomic E-state index is 0.0653. The van der Waals surface area contributed by atoms with Crippen LogP contribution in [-0.4, -0.2) is 8.42 Å². The predicted molar refractivity (Wildman–Crippen MR) is 78.2 cm³/mol. The predicted octanol–water partition coefficient (Wildman–Crippen LogP) is 4.12. The number of rotatable bonds is 3. The fourth-order valence-electron chi connectivity index (χ4n) is 1.82. The van der Waals surface area contributed by atoms with E-state index >= 15 is 0 Å². The van der Waals surface area contributed by atoms with Crippen molar-refractivity contribution in [2.45, 2.75) is 24.9 Å². The Morgan fingerprint density at radius 3 is 2.00 bits per heavy atom. The fourth-order valence-corrected chi connectivity index (χ4v) is 2.97. The van der Waals surface area contributed by atoms with Crippen LogP contribution in [0.4, 0.5) is 18.9 Å². The van der Waals surface area contributed by atoms with Crippen LogP contribution < -0.4 is 4.72 Å². The van der Waals surface area contributed by atoms with Gasteiger partial charge in [0, 0.05) is 5.69 Å². The van der Waals surface area contributed by atoms with Gasteiger partial charge in [0.25, 0.3) is 10.0 Å². The van der Waals surface area contributed by atoms with Crippen molar-refractivity contribution < 1.29 is 21.6 Å². The van der Waals surface area contributed by atoms with Crippen LogP contribution in [0.15, 0.2) is 47.4 Å². The first-order valence-electron chi connectivity index (χ1n) is 6.37. The number of alkyl halides is 3. The van der Waals surface area contributed by atoms with Crippen molar-refractivity contribution in [1.82, 2.24) is 0 Å². The highest BCUT2D eigenvalue weighted by atomic mass is 32.2. The highest BCUT2D eigenvalue weighted by Crippen LogP contribution is 2.30. The molecule has 2 rings (SSSR count). The summed E-state index contributed by atoms with van der Waals surface area (Å²) >= 11 is 0. The second kappa shape index (κ2) is 5.64. The summed E-state index contributed by atoms with van der Waals surface area (Å²) in [5.41, 5.74) is 1.01. The Bertz CT molecular complexity index is 781. The van der Waals surface area contributed by atoms with E-state index in [1.165, 1.54) is 12.1 Å². The summed E-state index contributed by atoms with van der Waals surface area (Å²) in [4.78, 5) is 0.0653. The van der Waals surface area contributed by atoms with Crippen LogP contribution in [0.1, 0.15) is 16.7 Å². The number of sulfonamides is 1. The van der Waals surface area contributed by atoms with Gasteiger partial charge in [-0.1, -0.05) is 6.07 Å². The van der Waals surface area contributed by atoms with Crippen molar-refractivity contribution >= 4 is 15.7 Å². The average molecular weight is 329 g/mol. The summed E-state index contributed by atoms with van der Waals surface area (Å²) < 4.78 is 64.1. The molecule has 2 aromatic rings. The minimum atomic E-state index is -4.45. The maximum absolute atomic E-state index is 12.5. The van der Waals surface area contributed by atoms with E-state index < -0.39 is 21.8 Å². The van der Waals surface area contributed by atoms with E-state index in [9.17, 15) is 21.6 Å². The lowest BCUT2D eigenvalue weighted by molar-refractivity contribution is -0.137. The fraction of sp³-hybridized carbons (Fsp3) is 0.200. The van der Waals surface area contributed by atoms with Gasteiger partial charge in [-0.15, -0.1) is 0 Å². The van der Waals surface area contributed by atoms with E-state index in [0.29, 0.717) is 0 Å². The molecular formula is C15H14F3NO2S. The molecule has 0 aliphatic heterocycles. The highest BCUT2D eigenvalue weighted by Gasteiger charge is 2.30. The molecule has 0 saturated heterocycles. The Balaban J connectivity index is 2.27. The second-order valence-corrected chi connectivity index (χ2v) is 6.61. The molecule has 2 aromatic carbocycles. The number of hydrogen-bond acceptors (Lipinski definition) is 2. The third-order valence-electron chi connectivity index (χ3n) is 3.25. The van der Waals surface area contributed by atoms with E-state index in [2.05, 4.69) is 4.72 Å². The summed E-state index contributed by atoms with van der Waals surface area (Å²) in [6.07, 6.45) is -4.45. The van der Waals surface area contributed by atoms with Crippen molar-refractivity contribution in [1.29, 1.82) is 0 Å². The second-order valence-electron chi connectivity index (χ2n) is 4.93. The number of halogens is 3. The first-order chi connectivity index (χ1) is 10.1. The molecule has 3 nitrogen and oxygen atoms in total. The van der Waals surface area contributed by atoms with E-state index in [1.807, 2.05) is 6.92 Å². The molecule has 0 bridgehead atoms. The molecule has 1 N–H and O–H groups in total. The standard InChI is InChI=1S/C15H14F3NO2S/c1-10-3-8-14(9-11(10)2)22(20,21)19-13-6-4-12(5-7-13)15(16,17)18/h3-9,19H,1-2H3. The Morgan fingerprint density at radius 2 is 1.50 bits per heavy atom. The summed E-state index contributed by atoms with van der Waals surface area (Å²) in [5.74, 6) is 0. The van der Waals surface area contributed by atoms with Crippen molar-refractivity contribution in [2.75, 3.05) is 4.72 Å². The van der Waals surface area contributed by atoms with Crippen LogP contribution in [0.3, 0.4) is 0 Å². The Labute approximate surface area is 126 Å². The van der Waals surface area contributed by atoms with Crippen molar-refractivity contribution in [3.8, 4) is 0 Å². The topological polar surface area (TPSA) is 46.2 Å². The van der Waals surface area contributed by atoms with Gasteiger partial charge in [0.2, 0.25) is 0 Å². The summed E-state index contributed by atoms with van der Waals surface area (Å²) in [7, 11) is -3.83. The lowest BCUT2D eigenvalue weighted by Crippen LogP contribution is -2.13. The zero-order valence-corrected chi connectivity index (χ0v) is 12.7. The first-order valence-corrected chi connectivity index (χ1v) is 7.85. The van der Waals surface area contributed by atoms with Crippen LogP contribution in [0.25, 0.3) is 0 Å². The van der Waals surface area contributed by atoms with Crippen LogP contribution in [0.2, 0.25) is 0 Å². The Morgan fingerprint density at radius 1 is 0.909 bits per heavy atom. The van der Waals surface area contributed by atoms with Gasteiger partial charge in [0.1, 0.15) is 0 Å². The molecule has 0 radical (unpaired) electrons. The number of benzene rings is 2. The van der Waals surface area contributed by atoms with Crippen LogP contribution in [0, 0.1) is 13.8 Å². The van der Waals surface area contributed by atoms with Gasteiger partial charge in [-0.05, 0) is 61.4 Å². The molecule has 7 heteroatoms. The van der Waals surface area contributed by atoms with E-state index in [-0.39, 0.29) is 10.6 Å². The molecule has 0 spiro atoms. The van der Waals surface area contributed by atoms with Gasteiger partial charge in [-0.3, -0.25) is 4.72 Å². The summed E-state index contributed by atoms with van der Waals surface area (Å²) in [6.45, 7) is 3.64. The zero-order chi connectivity index (χ0) is 16.5. The molecule has 0 heterocycles. The number of hydrogen-bond donors (Lipinski definition) is 1. The number of anilines is 1. The molecule has 0 aliphatic rings. The normalized spacial score (nSPS) is 12.2. The molecule has 0 aromatic heterocycles. The number of nitrogens with one attached hydrogen (secondary N) is 1. The lowest BCUT2D eigenvalue weighted by Gasteiger charge is -2.11. The van der Waals surface area contributed by atoms with Crippen LogP contribution in [-0.2, 0) is 16.2 Å². The van der Waals surface area contributed by atoms with Gasteiger partial charge in [0.15, 0.2) is 0 Å². The monoisotopic (exact) mass is 329 g/mol. The zero-order valence-electron chi connectivity index (χ0n) is 11.9. The van der Waals surface area contributed by atoms with E-state index in [4.69, 9.17) is 0 Å². The third-order valence-corrected chi connectivity index (χ3v) is 4.63. The van der Waals surface area contributed by atoms with Gasteiger partial charge < -0.3 is 0 Å². The van der Waals surface area contributed by atoms with E-state index in [1.54, 1.807) is 13.0 Å². The largest absolute Gasteiger partial charge is 0.416 e. The number of aryl methyl sites for hydroxylation is 2. The van der Waals surface area contributed by atoms with Crippen molar-refractivity contribution in [3.05, 3.63) is 59.2 Å². The maximum Gasteiger partial charge on any atom is 0.416 e. The third kappa shape index (κ3) is 3.59. The first kappa shape index (κ1) is 16.4. The summed E-state index contributed by atoms with van der Waals surface area (Å²) in [5, 5.41) is 0. The maximum atomic E-state index is 12.5. The molecule has 22 heavy (non-hydrogen) atoms. The molecule has 0 amide bonds. The lowest BCUT2D eigenvalue weighted by atomic mass is 10.1. The molecule has 0 aliphatic carbocycles. The Hall–Kier alpha value is -2.02. The average Bonchev–Trinajstić information content (AvgIpc) is 2.41. The SMILES string of the molecule is Cc1ccc(S(=O)(=O)Nc2ccc(C(F)(F)F)cc2)cc1C. The minimum Gasteiger partial charge on any atom is -0.280 e. The molecule has 118 valence electrons. The van der Waals surface area contributed by atoms with Gasteiger partial charge in [0.05, 0.1) is 10.5 Å². The van der Waals surface area contributed by atoms with Crippen molar-refractivity contribution in [2.24, 2.45) is 0 Å². The van der Waals surface area contributed by atoms with Gasteiger partial charge in [-0.25, -0.2) is 8.42 Å². The molecular weight excluding hydrogens is 315 g/mol. The smallest absolute Gasteiger partial charge is 0.280 e. The summed E-state index contributed by atoms with van der Waals surface area (Å²) in [6, 6.07) is 8.48. The highest BCUT2D eigenvalue weighted by molar-refractivity contribution is 7.92. The van der Waals surface area contributed by atoms with Gasteiger partial charge >= 0.3 is 6.18 Å². The quantitative estimate of drug-likeness (QED) is 0.920. The molecule has 0 unspecified atom stereocenters. The molecule has 0 fully saturated rings. The molecule has 0 atom stereocenters.